The number of hydrogen-bond acceptors (Lipinski definition) is 3. The predicted octanol–water partition coefficient (Wildman–Crippen LogP) is 3.20. The third-order valence-electron chi connectivity index (χ3n) is 6.33. The number of rotatable bonds is 3. The lowest BCUT2D eigenvalue weighted by molar-refractivity contribution is -0.0107. The molecule has 1 aromatic heterocycles. The van der Waals surface area contributed by atoms with E-state index in [1.165, 1.54) is 19.4 Å². The van der Waals surface area contributed by atoms with Gasteiger partial charge in [-0.2, -0.15) is 0 Å². The highest BCUT2D eigenvalue weighted by atomic mass is 15.3. The van der Waals surface area contributed by atoms with Crippen molar-refractivity contribution in [3.8, 4) is 0 Å². The van der Waals surface area contributed by atoms with Crippen LogP contribution in [0.25, 0.3) is 0 Å². The lowest BCUT2D eigenvalue weighted by Gasteiger charge is -2.57. The number of nitrogens with zero attached hydrogens (tertiary/aromatic N) is 3. The highest BCUT2D eigenvalue weighted by Crippen LogP contribution is 2.59. The normalized spacial score (nSPS) is 30.6. The van der Waals surface area contributed by atoms with E-state index in [9.17, 15) is 0 Å². The second-order valence-electron chi connectivity index (χ2n) is 7.77. The van der Waals surface area contributed by atoms with E-state index >= 15 is 0 Å². The Morgan fingerprint density at radius 1 is 1.18 bits per heavy atom. The summed E-state index contributed by atoms with van der Waals surface area (Å²) in [5.74, 6) is 2.92. The first-order valence-electron chi connectivity index (χ1n) is 8.72. The number of pyridine rings is 1. The molecule has 5 rings (SSSR count). The average Bonchev–Trinajstić information content (AvgIpc) is 2.56. The monoisotopic (exact) mass is 297 g/mol. The van der Waals surface area contributed by atoms with Crippen molar-refractivity contribution in [3.05, 3.63) is 36.0 Å². The van der Waals surface area contributed by atoms with Crippen LogP contribution in [0.2, 0.25) is 0 Å². The molecule has 22 heavy (non-hydrogen) atoms. The molecule has 1 aromatic rings. The van der Waals surface area contributed by atoms with Gasteiger partial charge < -0.3 is 4.90 Å². The van der Waals surface area contributed by atoms with Gasteiger partial charge in [-0.15, -0.1) is 0 Å². The van der Waals surface area contributed by atoms with Gasteiger partial charge in [-0.3, -0.25) is 4.90 Å². The van der Waals surface area contributed by atoms with E-state index in [-0.39, 0.29) is 0 Å². The van der Waals surface area contributed by atoms with Crippen LogP contribution in [0.15, 0.2) is 36.0 Å². The quantitative estimate of drug-likeness (QED) is 0.799. The van der Waals surface area contributed by atoms with E-state index in [1.807, 2.05) is 12.3 Å². The minimum atomic E-state index is 0.555. The lowest BCUT2D eigenvalue weighted by atomic mass is 9.49. The van der Waals surface area contributed by atoms with Crippen LogP contribution in [0.1, 0.15) is 26.7 Å². The van der Waals surface area contributed by atoms with Crippen LogP contribution in [0.5, 0.6) is 0 Å². The first-order valence-corrected chi connectivity index (χ1v) is 8.72. The Hall–Kier alpha value is -1.35. The van der Waals surface area contributed by atoms with Crippen molar-refractivity contribution in [3.63, 3.8) is 0 Å². The Bertz CT molecular complexity index is 555. The molecule has 1 saturated carbocycles. The average molecular weight is 297 g/mol. The Labute approximate surface area is 134 Å². The number of anilines is 1. The Kier molecular flexibility index (Phi) is 3.48. The zero-order chi connectivity index (χ0) is 15.2. The van der Waals surface area contributed by atoms with Gasteiger partial charge in [-0.25, -0.2) is 4.98 Å². The van der Waals surface area contributed by atoms with Crippen molar-refractivity contribution in [1.29, 1.82) is 0 Å². The maximum Gasteiger partial charge on any atom is 0.128 e. The van der Waals surface area contributed by atoms with Crippen LogP contribution in [-0.2, 0) is 0 Å². The fourth-order valence-corrected chi connectivity index (χ4v) is 4.59. The van der Waals surface area contributed by atoms with Crippen LogP contribution >= 0.6 is 0 Å². The molecule has 3 nitrogen and oxygen atoms in total. The summed E-state index contributed by atoms with van der Waals surface area (Å²) < 4.78 is 0. The van der Waals surface area contributed by atoms with E-state index in [2.05, 4.69) is 46.8 Å². The van der Waals surface area contributed by atoms with Gasteiger partial charge in [0.05, 0.1) is 0 Å². The van der Waals surface area contributed by atoms with Gasteiger partial charge in [0.2, 0.25) is 0 Å². The minimum Gasteiger partial charge on any atom is -0.354 e. The number of piperazine rings is 1. The van der Waals surface area contributed by atoms with E-state index in [0.717, 1.165) is 43.8 Å². The van der Waals surface area contributed by atoms with E-state index < -0.39 is 0 Å². The fraction of sp³-hybridized carbons (Fsp3) is 0.632. The van der Waals surface area contributed by atoms with Crippen LogP contribution in [0, 0.1) is 17.3 Å². The summed E-state index contributed by atoms with van der Waals surface area (Å²) in [6, 6.07) is 6.19. The molecule has 118 valence electrons. The minimum absolute atomic E-state index is 0.555. The highest BCUT2D eigenvalue weighted by Gasteiger charge is 2.51. The Balaban J connectivity index is 1.34. The van der Waals surface area contributed by atoms with Gasteiger partial charge in [-0.1, -0.05) is 31.6 Å². The molecule has 2 fully saturated rings. The summed E-state index contributed by atoms with van der Waals surface area (Å²) in [5.41, 5.74) is 2.28. The lowest BCUT2D eigenvalue weighted by Crippen LogP contribution is -2.52. The molecule has 1 saturated heterocycles. The van der Waals surface area contributed by atoms with Crippen molar-refractivity contribution in [2.24, 2.45) is 17.3 Å². The summed E-state index contributed by atoms with van der Waals surface area (Å²) in [4.78, 5) is 9.53. The first kappa shape index (κ1) is 14.3. The predicted molar refractivity (Wildman–Crippen MR) is 91.0 cm³/mol. The maximum absolute atomic E-state index is 4.48. The molecule has 3 heteroatoms. The summed E-state index contributed by atoms with van der Waals surface area (Å²) in [6.07, 6.45) is 7.19. The highest BCUT2D eigenvalue weighted by molar-refractivity contribution is 5.38. The van der Waals surface area contributed by atoms with Crippen molar-refractivity contribution in [2.45, 2.75) is 26.7 Å². The van der Waals surface area contributed by atoms with Crippen molar-refractivity contribution < 1.29 is 0 Å². The number of aromatic nitrogens is 1. The second-order valence-corrected chi connectivity index (χ2v) is 7.77. The summed E-state index contributed by atoms with van der Waals surface area (Å²) in [6.45, 7) is 10.6. The molecule has 2 heterocycles. The number of hydrogen-bond donors (Lipinski definition) is 0. The van der Waals surface area contributed by atoms with Crippen LogP contribution in [0.4, 0.5) is 5.82 Å². The van der Waals surface area contributed by atoms with Crippen molar-refractivity contribution in [2.75, 3.05) is 37.6 Å². The van der Waals surface area contributed by atoms with Gasteiger partial charge in [-0.05, 0) is 42.2 Å². The SMILES string of the molecule is CC1(C)[C@H]2CC=C(CN3CCN(c4ccccn4)CC3)[C@H]1C2. The molecule has 3 aliphatic carbocycles. The third-order valence-corrected chi connectivity index (χ3v) is 6.33. The molecular formula is C19H27N3. The summed E-state index contributed by atoms with van der Waals surface area (Å²) in [7, 11) is 0. The summed E-state index contributed by atoms with van der Waals surface area (Å²) in [5, 5.41) is 0. The molecule has 2 bridgehead atoms. The number of allylic oxidation sites excluding steroid dienone is 1. The van der Waals surface area contributed by atoms with Gasteiger partial charge in [0.15, 0.2) is 0 Å². The Morgan fingerprint density at radius 3 is 2.64 bits per heavy atom. The topological polar surface area (TPSA) is 19.4 Å². The molecule has 0 N–H and O–H groups in total. The van der Waals surface area contributed by atoms with Crippen molar-refractivity contribution in [1.82, 2.24) is 9.88 Å². The zero-order valence-electron chi connectivity index (χ0n) is 13.8. The van der Waals surface area contributed by atoms with E-state index in [1.54, 1.807) is 5.57 Å². The molecule has 0 spiro atoms. The standard InChI is InChI=1S/C19H27N3/c1-19(2)16-7-6-15(17(19)13-16)14-21-9-11-22(12-10-21)18-5-3-4-8-20-18/h3-6,8,16-17H,7,9-14H2,1-2H3/t16-,17+/m0/s1. The molecule has 2 atom stereocenters. The van der Waals surface area contributed by atoms with E-state index in [0.29, 0.717) is 5.41 Å². The van der Waals surface area contributed by atoms with Gasteiger partial charge in [0, 0.05) is 38.9 Å². The third kappa shape index (κ3) is 2.36. The van der Waals surface area contributed by atoms with E-state index in [4.69, 9.17) is 0 Å². The molecule has 1 aliphatic heterocycles. The first-order chi connectivity index (χ1) is 10.6. The van der Waals surface area contributed by atoms with Crippen molar-refractivity contribution >= 4 is 5.82 Å². The van der Waals surface area contributed by atoms with Gasteiger partial charge in [0.1, 0.15) is 5.82 Å². The molecular weight excluding hydrogens is 270 g/mol. The molecule has 0 radical (unpaired) electrons. The second kappa shape index (κ2) is 5.38. The molecule has 0 unspecified atom stereocenters. The molecule has 4 aliphatic rings. The smallest absolute Gasteiger partial charge is 0.128 e. The zero-order valence-corrected chi connectivity index (χ0v) is 13.8. The fourth-order valence-electron chi connectivity index (χ4n) is 4.59. The number of fused-ring (bicyclic) bond motifs is 1. The molecule has 0 amide bonds. The largest absolute Gasteiger partial charge is 0.354 e. The van der Waals surface area contributed by atoms with Gasteiger partial charge >= 0.3 is 0 Å². The molecule has 0 aromatic carbocycles. The van der Waals surface area contributed by atoms with Gasteiger partial charge in [0.25, 0.3) is 0 Å². The van der Waals surface area contributed by atoms with Crippen LogP contribution in [0.3, 0.4) is 0 Å². The van der Waals surface area contributed by atoms with Crippen LogP contribution in [-0.4, -0.2) is 42.6 Å². The Morgan fingerprint density at radius 2 is 2.00 bits per heavy atom. The summed E-state index contributed by atoms with van der Waals surface area (Å²) >= 11 is 0. The van der Waals surface area contributed by atoms with Crippen LogP contribution < -0.4 is 4.90 Å². The maximum atomic E-state index is 4.48.